The van der Waals surface area contributed by atoms with Gasteiger partial charge in [-0.2, -0.15) is 18.7 Å². The molecule has 108 valence electrons. The number of carboxylic acids is 1. The third-order valence-corrected chi connectivity index (χ3v) is 2.48. The molecule has 0 atom stereocenters. The third kappa shape index (κ3) is 3.28. The van der Waals surface area contributed by atoms with E-state index in [1.54, 1.807) is 24.3 Å². The number of alkyl halides is 3. The molecule has 1 aromatic carbocycles. The number of hydrogen-bond donors (Lipinski definition) is 2. The molecule has 0 fully saturated rings. The van der Waals surface area contributed by atoms with Crippen LogP contribution in [0.5, 0.6) is 0 Å². The molecule has 0 aliphatic carbocycles. The van der Waals surface area contributed by atoms with Gasteiger partial charge in [-0.1, -0.05) is 18.2 Å². The zero-order valence-corrected chi connectivity index (χ0v) is 10.0. The number of rotatable bonds is 5. The number of halogens is 3. The molecule has 8 heteroatoms. The van der Waals surface area contributed by atoms with Crippen molar-refractivity contribution in [1.82, 2.24) is 5.48 Å². The Labute approximate surface area is 110 Å². The van der Waals surface area contributed by atoms with E-state index in [0.717, 1.165) is 0 Å². The molecule has 1 aromatic heterocycles. The molecular formula is C12H10F3NO4. The van der Waals surface area contributed by atoms with Crippen LogP contribution in [0.1, 0.15) is 16.1 Å². The average Bonchev–Trinajstić information content (AvgIpc) is 2.72. The summed E-state index contributed by atoms with van der Waals surface area (Å²) in [6, 6.07) is 6.52. The lowest BCUT2D eigenvalue weighted by Gasteiger charge is -2.08. The molecular weight excluding hydrogens is 279 g/mol. The largest absolute Gasteiger partial charge is 0.475 e. The fourth-order valence-corrected chi connectivity index (χ4v) is 1.70. The Balaban J connectivity index is 2.15. The van der Waals surface area contributed by atoms with Gasteiger partial charge >= 0.3 is 12.1 Å². The van der Waals surface area contributed by atoms with Gasteiger partial charge in [0.2, 0.25) is 5.76 Å². The summed E-state index contributed by atoms with van der Waals surface area (Å²) in [6.07, 6.45) is -4.46. The maximum absolute atomic E-state index is 11.9. The second-order valence-corrected chi connectivity index (χ2v) is 3.94. The first-order chi connectivity index (χ1) is 9.38. The molecule has 2 N–H and O–H groups in total. The minimum absolute atomic E-state index is 0.214. The van der Waals surface area contributed by atoms with Crippen LogP contribution < -0.4 is 5.48 Å². The fraction of sp³-hybridized carbons (Fsp3) is 0.250. The highest BCUT2D eigenvalue weighted by Crippen LogP contribution is 2.25. The Kier molecular flexibility index (Phi) is 3.96. The van der Waals surface area contributed by atoms with Crippen molar-refractivity contribution in [2.45, 2.75) is 12.7 Å². The van der Waals surface area contributed by atoms with Crippen LogP contribution in [0, 0.1) is 0 Å². The van der Waals surface area contributed by atoms with Crippen molar-refractivity contribution < 1.29 is 32.3 Å². The van der Waals surface area contributed by atoms with Crippen molar-refractivity contribution in [3.8, 4) is 0 Å². The number of hydrogen-bond acceptors (Lipinski definition) is 4. The number of furan rings is 1. The van der Waals surface area contributed by atoms with E-state index in [9.17, 15) is 18.0 Å². The zero-order chi connectivity index (χ0) is 14.8. The molecule has 0 aliphatic heterocycles. The van der Waals surface area contributed by atoms with Gasteiger partial charge in [0.1, 0.15) is 5.58 Å². The van der Waals surface area contributed by atoms with Crippen LogP contribution in [-0.4, -0.2) is 23.9 Å². The molecule has 20 heavy (non-hydrogen) atoms. The zero-order valence-electron chi connectivity index (χ0n) is 10.0. The van der Waals surface area contributed by atoms with Gasteiger partial charge in [0.25, 0.3) is 0 Å². The van der Waals surface area contributed by atoms with E-state index in [2.05, 4.69) is 10.3 Å². The summed E-state index contributed by atoms with van der Waals surface area (Å²) < 4.78 is 40.9. The molecule has 2 rings (SSSR count). The number of carbonyl (C=O) groups is 1. The van der Waals surface area contributed by atoms with Crippen molar-refractivity contribution in [3.05, 3.63) is 35.6 Å². The molecule has 0 radical (unpaired) electrons. The summed E-state index contributed by atoms with van der Waals surface area (Å²) in [4.78, 5) is 15.3. The quantitative estimate of drug-likeness (QED) is 0.654. The Hall–Kier alpha value is -2.06. The van der Waals surface area contributed by atoms with Crippen LogP contribution in [0.4, 0.5) is 13.2 Å². The molecule has 1 heterocycles. The maximum Gasteiger partial charge on any atom is 0.413 e. The minimum atomic E-state index is -4.46. The predicted octanol–water partition coefficient (Wildman–Crippen LogP) is 2.71. The highest BCUT2D eigenvalue weighted by Gasteiger charge is 2.28. The molecule has 2 aromatic rings. The van der Waals surface area contributed by atoms with Crippen LogP contribution in [0.25, 0.3) is 11.0 Å². The normalized spacial score (nSPS) is 11.9. The number of benzene rings is 1. The predicted molar refractivity (Wildman–Crippen MR) is 62.0 cm³/mol. The second kappa shape index (κ2) is 5.51. The maximum atomic E-state index is 11.9. The number of carboxylic acid groups (broad SMARTS) is 1. The summed E-state index contributed by atoms with van der Waals surface area (Å²) in [5, 5.41) is 9.52. The van der Waals surface area contributed by atoms with E-state index in [1.165, 1.54) is 0 Å². The topological polar surface area (TPSA) is 71.7 Å². The van der Waals surface area contributed by atoms with E-state index in [4.69, 9.17) is 9.52 Å². The van der Waals surface area contributed by atoms with Crippen LogP contribution in [0.2, 0.25) is 0 Å². The molecule has 0 saturated heterocycles. The first-order valence-electron chi connectivity index (χ1n) is 5.53. The number of para-hydroxylation sites is 1. The van der Waals surface area contributed by atoms with Crippen molar-refractivity contribution in [1.29, 1.82) is 0 Å². The van der Waals surface area contributed by atoms with Crippen LogP contribution in [0.15, 0.2) is 28.7 Å². The Morgan fingerprint density at radius 3 is 2.70 bits per heavy atom. The first kappa shape index (κ1) is 14.4. The van der Waals surface area contributed by atoms with E-state index in [0.29, 0.717) is 11.0 Å². The fourth-order valence-electron chi connectivity index (χ4n) is 1.70. The Morgan fingerprint density at radius 1 is 1.35 bits per heavy atom. The lowest BCUT2D eigenvalue weighted by Crippen LogP contribution is -2.24. The third-order valence-electron chi connectivity index (χ3n) is 2.48. The highest BCUT2D eigenvalue weighted by atomic mass is 19.4. The molecule has 0 spiro atoms. The van der Waals surface area contributed by atoms with E-state index < -0.39 is 18.8 Å². The number of aromatic carboxylic acids is 1. The van der Waals surface area contributed by atoms with Crippen molar-refractivity contribution in [2.75, 3.05) is 6.61 Å². The van der Waals surface area contributed by atoms with Gasteiger partial charge < -0.3 is 9.52 Å². The Morgan fingerprint density at radius 2 is 2.05 bits per heavy atom. The van der Waals surface area contributed by atoms with Crippen LogP contribution in [-0.2, 0) is 11.4 Å². The molecule has 0 unspecified atom stereocenters. The SMILES string of the molecule is O=C(O)c1oc2ccccc2c1CNOCC(F)(F)F. The summed E-state index contributed by atoms with van der Waals surface area (Å²) in [7, 11) is 0. The Bertz CT molecular complexity index is 621. The number of nitrogens with one attached hydrogen (secondary N) is 1. The standard InChI is InChI=1S/C12H10F3NO4/c13-12(14,15)6-19-16-5-8-7-3-1-2-4-9(7)20-10(8)11(17)18/h1-4,16H,5-6H2,(H,17,18). The summed E-state index contributed by atoms with van der Waals surface area (Å²) in [6.45, 7) is -1.68. The van der Waals surface area contributed by atoms with Crippen molar-refractivity contribution in [3.63, 3.8) is 0 Å². The van der Waals surface area contributed by atoms with Gasteiger partial charge in [-0.3, -0.25) is 4.84 Å². The molecule has 5 nitrogen and oxygen atoms in total. The smallest absolute Gasteiger partial charge is 0.413 e. The summed E-state index contributed by atoms with van der Waals surface area (Å²) >= 11 is 0. The average molecular weight is 289 g/mol. The van der Waals surface area contributed by atoms with Gasteiger partial charge in [-0.25, -0.2) is 4.79 Å². The lowest BCUT2D eigenvalue weighted by atomic mass is 10.1. The minimum Gasteiger partial charge on any atom is -0.475 e. The monoisotopic (exact) mass is 289 g/mol. The van der Waals surface area contributed by atoms with E-state index in [1.807, 2.05) is 0 Å². The van der Waals surface area contributed by atoms with Gasteiger partial charge in [0.15, 0.2) is 6.61 Å². The summed E-state index contributed by atoms with van der Waals surface area (Å²) in [5.74, 6) is -1.62. The van der Waals surface area contributed by atoms with Crippen molar-refractivity contribution in [2.24, 2.45) is 0 Å². The van der Waals surface area contributed by atoms with E-state index >= 15 is 0 Å². The number of fused-ring (bicyclic) bond motifs is 1. The van der Waals surface area contributed by atoms with Gasteiger partial charge in [0.05, 0.1) is 6.54 Å². The number of hydroxylamine groups is 1. The lowest BCUT2D eigenvalue weighted by molar-refractivity contribution is -0.190. The first-order valence-corrected chi connectivity index (χ1v) is 5.53. The molecule has 0 saturated carbocycles. The summed E-state index contributed by atoms with van der Waals surface area (Å²) in [5.41, 5.74) is 2.67. The highest BCUT2D eigenvalue weighted by molar-refractivity contribution is 5.95. The van der Waals surface area contributed by atoms with Crippen LogP contribution in [0.3, 0.4) is 0 Å². The van der Waals surface area contributed by atoms with Gasteiger partial charge in [-0.15, -0.1) is 0 Å². The second-order valence-electron chi connectivity index (χ2n) is 3.94. The van der Waals surface area contributed by atoms with E-state index in [-0.39, 0.29) is 17.9 Å². The van der Waals surface area contributed by atoms with Gasteiger partial charge in [-0.05, 0) is 6.07 Å². The van der Waals surface area contributed by atoms with Gasteiger partial charge in [0, 0.05) is 10.9 Å². The molecule has 0 aliphatic rings. The molecule has 0 bridgehead atoms. The van der Waals surface area contributed by atoms with Crippen molar-refractivity contribution >= 4 is 16.9 Å². The molecule has 0 amide bonds. The van der Waals surface area contributed by atoms with Crippen LogP contribution >= 0.6 is 0 Å².